The molecule has 0 fully saturated rings. The summed E-state index contributed by atoms with van der Waals surface area (Å²) < 4.78 is 11.3. The average Bonchev–Trinajstić information content (AvgIpc) is 3.07. The van der Waals surface area contributed by atoms with E-state index in [-0.39, 0.29) is 6.61 Å². The summed E-state index contributed by atoms with van der Waals surface area (Å²) in [6.45, 7) is 0.950. The van der Waals surface area contributed by atoms with Crippen LogP contribution in [-0.2, 0) is 4.74 Å². The van der Waals surface area contributed by atoms with Crippen molar-refractivity contribution in [3.8, 4) is 22.6 Å². The second kappa shape index (κ2) is 8.68. The minimum atomic E-state index is 0.0416. The number of ether oxygens (including phenoxy) is 1. The van der Waals surface area contributed by atoms with Crippen molar-refractivity contribution in [1.29, 1.82) is 0 Å². The zero-order valence-corrected chi connectivity index (χ0v) is 14.0. The Hall–Kier alpha value is -2.08. The van der Waals surface area contributed by atoms with Gasteiger partial charge in [-0.25, -0.2) is 4.98 Å². The van der Waals surface area contributed by atoms with Crippen LogP contribution in [0.15, 0.2) is 70.3 Å². The molecule has 0 aliphatic carbocycles. The van der Waals surface area contributed by atoms with E-state index in [4.69, 9.17) is 14.3 Å². The SMILES string of the molecule is OCCOCCSc1nc(-c2ccccc2)c(-c2ccccc2)o1. The van der Waals surface area contributed by atoms with Crippen LogP contribution in [0.4, 0.5) is 0 Å². The molecule has 0 bridgehead atoms. The van der Waals surface area contributed by atoms with E-state index in [1.54, 1.807) is 0 Å². The molecular weight excluding hydrogens is 322 g/mol. The molecule has 0 spiro atoms. The van der Waals surface area contributed by atoms with Gasteiger partial charge in [0.05, 0.1) is 19.8 Å². The van der Waals surface area contributed by atoms with Crippen LogP contribution < -0.4 is 0 Å². The van der Waals surface area contributed by atoms with Gasteiger partial charge >= 0.3 is 0 Å². The molecule has 0 radical (unpaired) electrons. The summed E-state index contributed by atoms with van der Waals surface area (Å²) in [5.74, 6) is 1.50. The number of hydrogen-bond donors (Lipinski definition) is 1. The number of rotatable bonds is 8. The van der Waals surface area contributed by atoms with Crippen LogP contribution in [0.1, 0.15) is 0 Å². The highest BCUT2D eigenvalue weighted by Gasteiger charge is 2.16. The Morgan fingerprint density at radius 3 is 2.25 bits per heavy atom. The van der Waals surface area contributed by atoms with Gasteiger partial charge in [0, 0.05) is 16.9 Å². The minimum Gasteiger partial charge on any atom is -0.431 e. The lowest BCUT2D eigenvalue weighted by Crippen LogP contribution is -2.02. The van der Waals surface area contributed by atoms with Crippen LogP contribution in [0.5, 0.6) is 0 Å². The maximum absolute atomic E-state index is 8.71. The van der Waals surface area contributed by atoms with Crippen LogP contribution in [-0.4, -0.2) is 35.7 Å². The fourth-order valence-electron chi connectivity index (χ4n) is 2.29. The van der Waals surface area contributed by atoms with Crippen molar-refractivity contribution in [2.45, 2.75) is 5.22 Å². The van der Waals surface area contributed by atoms with Crippen molar-refractivity contribution in [3.05, 3.63) is 60.7 Å². The molecule has 3 rings (SSSR count). The van der Waals surface area contributed by atoms with Crippen molar-refractivity contribution in [2.75, 3.05) is 25.6 Å². The van der Waals surface area contributed by atoms with Gasteiger partial charge in [-0.3, -0.25) is 0 Å². The Morgan fingerprint density at radius 2 is 1.58 bits per heavy atom. The van der Waals surface area contributed by atoms with Crippen LogP contribution in [0.2, 0.25) is 0 Å². The molecule has 1 aromatic heterocycles. The van der Waals surface area contributed by atoms with E-state index in [2.05, 4.69) is 4.98 Å². The Morgan fingerprint density at radius 1 is 0.917 bits per heavy atom. The fourth-order valence-corrected chi connectivity index (χ4v) is 2.97. The van der Waals surface area contributed by atoms with Crippen molar-refractivity contribution < 1.29 is 14.3 Å². The van der Waals surface area contributed by atoms with E-state index in [0.29, 0.717) is 18.4 Å². The molecule has 0 aliphatic rings. The number of nitrogens with zero attached hydrogens (tertiary/aromatic N) is 1. The smallest absolute Gasteiger partial charge is 0.256 e. The summed E-state index contributed by atoms with van der Waals surface area (Å²) in [5.41, 5.74) is 2.89. The molecule has 0 atom stereocenters. The summed E-state index contributed by atoms with van der Waals surface area (Å²) in [6, 6.07) is 20.0. The molecule has 4 nitrogen and oxygen atoms in total. The molecule has 5 heteroatoms. The first-order valence-corrected chi connectivity index (χ1v) is 8.80. The third-order valence-corrected chi connectivity index (χ3v) is 4.17. The average molecular weight is 341 g/mol. The maximum Gasteiger partial charge on any atom is 0.256 e. The highest BCUT2D eigenvalue weighted by Crippen LogP contribution is 2.35. The molecule has 0 unspecified atom stereocenters. The van der Waals surface area contributed by atoms with Gasteiger partial charge in [0.2, 0.25) is 0 Å². The third-order valence-electron chi connectivity index (χ3n) is 3.38. The van der Waals surface area contributed by atoms with E-state index in [1.165, 1.54) is 11.8 Å². The molecule has 1 heterocycles. The quantitative estimate of drug-likeness (QED) is 0.493. The monoisotopic (exact) mass is 341 g/mol. The largest absolute Gasteiger partial charge is 0.431 e. The first-order chi connectivity index (χ1) is 11.9. The normalized spacial score (nSPS) is 10.9. The lowest BCUT2D eigenvalue weighted by atomic mass is 10.1. The number of benzene rings is 2. The summed E-state index contributed by atoms with van der Waals surface area (Å²) in [5, 5.41) is 9.34. The summed E-state index contributed by atoms with van der Waals surface area (Å²) in [6.07, 6.45) is 0. The standard InChI is InChI=1S/C19H19NO3S/c21-11-12-22-13-14-24-19-20-17(15-7-3-1-4-8-15)18(23-19)16-9-5-2-6-10-16/h1-10,21H,11-14H2. The summed E-state index contributed by atoms with van der Waals surface area (Å²) >= 11 is 1.51. The highest BCUT2D eigenvalue weighted by atomic mass is 32.2. The first kappa shape index (κ1) is 16.8. The number of oxazole rings is 1. The van der Waals surface area contributed by atoms with Gasteiger partial charge in [0.15, 0.2) is 5.76 Å². The Kier molecular flexibility index (Phi) is 6.07. The van der Waals surface area contributed by atoms with Crippen LogP contribution >= 0.6 is 11.8 Å². The molecule has 24 heavy (non-hydrogen) atoms. The second-order valence-electron chi connectivity index (χ2n) is 5.07. The number of hydrogen-bond acceptors (Lipinski definition) is 5. The topological polar surface area (TPSA) is 55.5 Å². The van der Waals surface area contributed by atoms with E-state index < -0.39 is 0 Å². The van der Waals surface area contributed by atoms with Crippen LogP contribution in [0, 0.1) is 0 Å². The van der Waals surface area contributed by atoms with Gasteiger partial charge in [-0.2, -0.15) is 0 Å². The Balaban J connectivity index is 1.83. The maximum atomic E-state index is 8.71. The Labute approximate surface area is 145 Å². The second-order valence-corrected chi connectivity index (χ2v) is 6.12. The number of aliphatic hydroxyl groups excluding tert-OH is 1. The zero-order chi connectivity index (χ0) is 16.6. The van der Waals surface area contributed by atoms with Crippen LogP contribution in [0.25, 0.3) is 22.6 Å². The van der Waals surface area contributed by atoms with Gasteiger partial charge in [-0.05, 0) is 0 Å². The van der Waals surface area contributed by atoms with Gasteiger partial charge in [-0.1, -0.05) is 72.4 Å². The van der Waals surface area contributed by atoms with Crippen molar-refractivity contribution in [1.82, 2.24) is 4.98 Å². The van der Waals surface area contributed by atoms with Gasteiger partial charge in [0.1, 0.15) is 5.69 Å². The highest BCUT2D eigenvalue weighted by molar-refractivity contribution is 7.99. The molecule has 3 aromatic rings. The van der Waals surface area contributed by atoms with Crippen LogP contribution in [0.3, 0.4) is 0 Å². The number of aliphatic hydroxyl groups is 1. The zero-order valence-electron chi connectivity index (χ0n) is 13.2. The third kappa shape index (κ3) is 4.26. The minimum absolute atomic E-state index is 0.0416. The summed E-state index contributed by atoms with van der Waals surface area (Å²) in [4.78, 5) is 4.67. The van der Waals surface area contributed by atoms with Gasteiger partial charge < -0.3 is 14.3 Å². The van der Waals surface area contributed by atoms with Crippen molar-refractivity contribution >= 4 is 11.8 Å². The van der Waals surface area contributed by atoms with E-state index >= 15 is 0 Å². The molecule has 0 saturated heterocycles. The van der Waals surface area contributed by atoms with Gasteiger partial charge in [0.25, 0.3) is 5.22 Å². The van der Waals surface area contributed by atoms with E-state index in [1.807, 2.05) is 60.7 Å². The first-order valence-electron chi connectivity index (χ1n) is 7.81. The van der Waals surface area contributed by atoms with E-state index in [9.17, 15) is 0 Å². The van der Waals surface area contributed by atoms with Gasteiger partial charge in [-0.15, -0.1) is 0 Å². The predicted octanol–water partition coefficient (Wildman–Crippen LogP) is 4.11. The lowest BCUT2D eigenvalue weighted by Gasteiger charge is -2.00. The Bertz CT molecular complexity index is 687. The number of thioether (sulfide) groups is 1. The molecule has 0 saturated carbocycles. The molecule has 124 valence electrons. The summed E-state index contributed by atoms with van der Waals surface area (Å²) in [7, 11) is 0. The lowest BCUT2D eigenvalue weighted by molar-refractivity contribution is 0.103. The number of aromatic nitrogens is 1. The fraction of sp³-hybridized carbons (Fsp3) is 0.211. The predicted molar refractivity (Wildman–Crippen MR) is 96.0 cm³/mol. The van der Waals surface area contributed by atoms with Crippen molar-refractivity contribution in [2.24, 2.45) is 0 Å². The van der Waals surface area contributed by atoms with Crippen molar-refractivity contribution in [3.63, 3.8) is 0 Å². The molecule has 0 amide bonds. The van der Waals surface area contributed by atoms with E-state index in [0.717, 1.165) is 28.3 Å². The molecular formula is C19H19NO3S. The molecule has 1 N–H and O–H groups in total. The molecule has 0 aliphatic heterocycles. The molecule has 2 aromatic carbocycles.